The summed E-state index contributed by atoms with van der Waals surface area (Å²) < 4.78 is 1.19. The Morgan fingerprint density at radius 2 is 2.00 bits per heavy atom. The molecule has 2 aromatic rings. The summed E-state index contributed by atoms with van der Waals surface area (Å²) in [5, 5.41) is 2.94. The van der Waals surface area contributed by atoms with Gasteiger partial charge in [0, 0.05) is 27.5 Å². The molecule has 0 fully saturated rings. The highest BCUT2D eigenvalue weighted by Crippen LogP contribution is 2.25. The van der Waals surface area contributed by atoms with Gasteiger partial charge in [-0.25, -0.2) is 0 Å². The van der Waals surface area contributed by atoms with Gasteiger partial charge in [-0.05, 0) is 46.1 Å². The maximum atomic E-state index is 6.15. The normalized spacial score (nSPS) is 11.1. The standard InChI is InChI=1S/C13H13BrClNS/c1-16(9-13-11(14)6-7-17-13)8-10-4-2-3-5-12(10)15/h2-7H,8-9H2,1H3. The zero-order valence-electron chi connectivity index (χ0n) is 9.49. The molecule has 1 heterocycles. The van der Waals surface area contributed by atoms with Crippen LogP contribution in [0, 0.1) is 0 Å². The van der Waals surface area contributed by atoms with Crippen LogP contribution in [0.5, 0.6) is 0 Å². The third-order valence-corrected chi connectivity index (χ3v) is 4.78. The molecule has 0 spiro atoms. The van der Waals surface area contributed by atoms with E-state index in [2.05, 4.69) is 45.4 Å². The Balaban J connectivity index is 2.01. The molecule has 0 amide bonds. The summed E-state index contributed by atoms with van der Waals surface area (Å²) in [6.45, 7) is 1.80. The number of hydrogen-bond donors (Lipinski definition) is 0. The summed E-state index contributed by atoms with van der Waals surface area (Å²) in [5.74, 6) is 0. The zero-order chi connectivity index (χ0) is 12.3. The Morgan fingerprint density at radius 3 is 2.65 bits per heavy atom. The third-order valence-electron chi connectivity index (χ3n) is 2.50. The Morgan fingerprint density at radius 1 is 1.24 bits per heavy atom. The van der Waals surface area contributed by atoms with E-state index in [9.17, 15) is 0 Å². The van der Waals surface area contributed by atoms with Crippen LogP contribution < -0.4 is 0 Å². The molecule has 2 rings (SSSR count). The van der Waals surface area contributed by atoms with Gasteiger partial charge in [-0.1, -0.05) is 29.8 Å². The van der Waals surface area contributed by atoms with Gasteiger partial charge in [0.15, 0.2) is 0 Å². The minimum atomic E-state index is 0.838. The molecule has 0 bridgehead atoms. The van der Waals surface area contributed by atoms with Gasteiger partial charge in [0.25, 0.3) is 0 Å². The molecular formula is C13H13BrClNS. The average Bonchev–Trinajstić information content (AvgIpc) is 2.68. The van der Waals surface area contributed by atoms with Crippen molar-refractivity contribution in [3.05, 3.63) is 55.6 Å². The molecule has 17 heavy (non-hydrogen) atoms. The molecule has 1 aromatic carbocycles. The number of halogens is 2. The minimum absolute atomic E-state index is 0.838. The molecule has 0 saturated carbocycles. The summed E-state index contributed by atoms with van der Waals surface area (Å²) in [4.78, 5) is 3.61. The van der Waals surface area contributed by atoms with Crippen LogP contribution in [0.15, 0.2) is 40.2 Å². The van der Waals surface area contributed by atoms with E-state index in [1.165, 1.54) is 14.9 Å². The lowest BCUT2D eigenvalue weighted by Crippen LogP contribution is -2.16. The Kier molecular flexibility index (Phi) is 4.62. The molecule has 0 aliphatic heterocycles. The molecule has 0 unspecified atom stereocenters. The first-order valence-corrected chi connectivity index (χ1v) is 7.35. The number of hydrogen-bond acceptors (Lipinski definition) is 2. The fourth-order valence-corrected chi connectivity index (χ4v) is 3.41. The van der Waals surface area contributed by atoms with E-state index in [-0.39, 0.29) is 0 Å². The summed E-state index contributed by atoms with van der Waals surface area (Å²) in [6.07, 6.45) is 0. The van der Waals surface area contributed by atoms with E-state index in [1.807, 2.05) is 18.2 Å². The maximum absolute atomic E-state index is 6.15. The van der Waals surface area contributed by atoms with Crippen molar-refractivity contribution in [2.24, 2.45) is 0 Å². The van der Waals surface area contributed by atoms with Gasteiger partial charge in [-0.15, -0.1) is 11.3 Å². The molecule has 0 aliphatic carbocycles. The van der Waals surface area contributed by atoms with Crippen LogP contribution in [0.25, 0.3) is 0 Å². The van der Waals surface area contributed by atoms with Gasteiger partial charge >= 0.3 is 0 Å². The van der Waals surface area contributed by atoms with Gasteiger partial charge in [0.1, 0.15) is 0 Å². The number of rotatable bonds is 4. The highest BCUT2D eigenvalue weighted by atomic mass is 79.9. The third kappa shape index (κ3) is 3.55. The topological polar surface area (TPSA) is 3.24 Å². The van der Waals surface area contributed by atoms with Crippen LogP contribution >= 0.6 is 38.9 Å². The van der Waals surface area contributed by atoms with Crippen molar-refractivity contribution < 1.29 is 0 Å². The smallest absolute Gasteiger partial charge is 0.0451 e. The first-order valence-electron chi connectivity index (χ1n) is 5.30. The molecule has 90 valence electrons. The molecular weight excluding hydrogens is 318 g/mol. The second kappa shape index (κ2) is 6.01. The number of benzene rings is 1. The fraction of sp³-hybridized carbons (Fsp3) is 0.231. The zero-order valence-corrected chi connectivity index (χ0v) is 12.6. The summed E-state index contributed by atoms with van der Waals surface area (Å²) in [5.41, 5.74) is 1.17. The Hall–Kier alpha value is -0.350. The van der Waals surface area contributed by atoms with Gasteiger partial charge in [-0.3, -0.25) is 4.90 Å². The molecule has 0 N–H and O–H groups in total. The molecule has 4 heteroatoms. The summed E-state index contributed by atoms with van der Waals surface area (Å²) >= 11 is 11.5. The van der Waals surface area contributed by atoms with Crippen molar-refractivity contribution in [2.75, 3.05) is 7.05 Å². The number of nitrogens with zero attached hydrogens (tertiary/aromatic N) is 1. The largest absolute Gasteiger partial charge is 0.297 e. The predicted molar refractivity (Wildman–Crippen MR) is 78.6 cm³/mol. The lowest BCUT2D eigenvalue weighted by atomic mass is 10.2. The lowest BCUT2D eigenvalue weighted by molar-refractivity contribution is 0.321. The van der Waals surface area contributed by atoms with Gasteiger partial charge < -0.3 is 0 Å². The predicted octanol–water partition coefficient (Wildman–Crippen LogP) is 4.80. The van der Waals surface area contributed by atoms with Gasteiger partial charge in [0.2, 0.25) is 0 Å². The number of thiophene rings is 1. The second-order valence-corrected chi connectivity index (χ2v) is 6.22. The van der Waals surface area contributed by atoms with Crippen LogP contribution in [-0.4, -0.2) is 11.9 Å². The summed E-state index contributed by atoms with van der Waals surface area (Å²) in [6, 6.07) is 10.1. The van der Waals surface area contributed by atoms with Crippen molar-refractivity contribution in [2.45, 2.75) is 13.1 Å². The molecule has 1 nitrogen and oxygen atoms in total. The lowest BCUT2D eigenvalue weighted by Gasteiger charge is -2.16. The monoisotopic (exact) mass is 329 g/mol. The van der Waals surface area contributed by atoms with Crippen molar-refractivity contribution in [1.82, 2.24) is 4.90 Å². The summed E-state index contributed by atoms with van der Waals surface area (Å²) in [7, 11) is 2.11. The van der Waals surface area contributed by atoms with Crippen LogP contribution in [0.2, 0.25) is 5.02 Å². The second-order valence-electron chi connectivity index (χ2n) is 3.96. The quantitative estimate of drug-likeness (QED) is 0.778. The van der Waals surface area contributed by atoms with E-state index < -0.39 is 0 Å². The van der Waals surface area contributed by atoms with E-state index in [4.69, 9.17) is 11.6 Å². The fourth-order valence-electron chi connectivity index (χ4n) is 1.66. The maximum Gasteiger partial charge on any atom is 0.0451 e. The molecule has 0 radical (unpaired) electrons. The van der Waals surface area contributed by atoms with Crippen LogP contribution in [0.4, 0.5) is 0 Å². The van der Waals surface area contributed by atoms with Gasteiger partial charge in [-0.2, -0.15) is 0 Å². The average molecular weight is 331 g/mol. The first-order chi connectivity index (χ1) is 8.16. The van der Waals surface area contributed by atoms with E-state index >= 15 is 0 Å². The van der Waals surface area contributed by atoms with Crippen LogP contribution in [0.1, 0.15) is 10.4 Å². The molecule has 0 aliphatic rings. The molecule has 0 atom stereocenters. The van der Waals surface area contributed by atoms with Crippen molar-refractivity contribution >= 4 is 38.9 Å². The Bertz CT molecular complexity index is 498. The van der Waals surface area contributed by atoms with Crippen LogP contribution in [-0.2, 0) is 13.1 Å². The highest BCUT2D eigenvalue weighted by molar-refractivity contribution is 9.10. The highest BCUT2D eigenvalue weighted by Gasteiger charge is 2.07. The van der Waals surface area contributed by atoms with Crippen molar-refractivity contribution in [3.63, 3.8) is 0 Å². The first kappa shape index (κ1) is 13.1. The minimum Gasteiger partial charge on any atom is -0.297 e. The van der Waals surface area contributed by atoms with Crippen molar-refractivity contribution in [3.8, 4) is 0 Å². The van der Waals surface area contributed by atoms with Crippen LogP contribution in [0.3, 0.4) is 0 Å². The van der Waals surface area contributed by atoms with Crippen molar-refractivity contribution in [1.29, 1.82) is 0 Å². The van der Waals surface area contributed by atoms with E-state index in [0.29, 0.717) is 0 Å². The molecule has 0 saturated heterocycles. The van der Waals surface area contributed by atoms with E-state index in [1.54, 1.807) is 11.3 Å². The van der Waals surface area contributed by atoms with Gasteiger partial charge in [0.05, 0.1) is 0 Å². The SMILES string of the molecule is CN(Cc1ccccc1Cl)Cc1sccc1Br. The van der Waals surface area contributed by atoms with E-state index in [0.717, 1.165) is 18.1 Å². The molecule has 1 aromatic heterocycles. The Labute approximate surface area is 119 Å².